The lowest BCUT2D eigenvalue weighted by Gasteiger charge is -2.42. The number of pyridine rings is 1. The first-order chi connectivity index (χ1) is 10.1. The van der Waals surface area contributed by atoms with Gasteiger partial charge in [-0.1, -0.05) is 0 Å². The van der Waals surface area contributed by atoms with E-state index in [0.29, 0.717) is 12.3 Å². The van der Waals surface area contributed by atoms with Crippen molar-refractivity contribution in [2.24, 2.45) is 5.92 Å². The molecule has 2 aliphatic heterocycles. The number of hydrogen-bond acceptors (Lipinski definition) is 4. The van der Waals surface area contributed by atoms with Gasteiger partial charge in [0.1, 0.15) is 5.69 Å². The number of rotatable bonds is 2. The van der Waals surface area contributed by atoms with Crippen LogP contribution < -0.4 is 0 Å². The van der Waals surface area contributed by atoms with Gasteiger partial charge in [0.15, 0.2) is 5.78 Å². The van der Waals surface area contributed by atoms with Crippen LogP contribution in [0.1, 0.15) is 36.2 Å². The van der Waals surface area contributed by atoms with Crippen LogP contribution in [0.3, 0.4) is 0 Å². The number of halogens is 2. The van der Waals surface area contributed by atoms with E-state index in [1.807, 2.05) is 17.8 Å². The molecule has 6 heteroatoms. The molecule has 3 heterocycles. The summed E-state index contributed by atoms with van der Waals surface area (Å²) in [4.78, 5) is 17.1. The summed E-state index contributed by atoms with van der Waals surface area (Å²) in [5.74, 6) is 2.46. The third-order valence-electron chi connectivity index (χ3n) is 4.31. The molecule has 2 aliphatic rings. The van der Waals surface area contributed by atoms with Gasteiger partial charge in [0.25, 0.3) is 0 Å². The zero-order valence-electron chi connectivity index (χ0n) is 11.6. The van der Waals surface area contributed by atoms with Crippen LogP contribution in [-0.2, 0) is 4.74 Å². The van der Waals surface area contributed by atoms with E-state index >= 15 is 0 Å². The number of ether oxygens (including phenoxy) is 1. The van der Waals surface area contributed by atoms with Crippen LogP contribution in [0.25, 0.3) is 0 Å². The largest absolute Gasteiger partial charge is 0.375 e. The van der Waals surface area contributed by atoms with Crippen molar-refractivity contribution in [3.05, 3.63) is 26.9 Å². The second-order valence-corrected chi connectivity index (χ2v) is 8.68. The smallest absolute Gasteiger partial charge is 0.185 e. The van der Waals surface area contributed by atoms with Gasteiger partial charge in [-0.15, -0.1) is 0 Å². The molecule has 3 nitrogen and oxygen atoms in total. The number of thioether (sulfide) groups is 1. The lowest BCUT2D eigenvalue weighted by atomic mass is 9.79. The fraction of sp³-hybridized carbons (Fsp3) is 0.600. The Bertz CT molecular complexity index is 541. The summed E-state index contributed by atoms with van der Waals surface area (Å²) in [6, 6.07) is 1.88. The Labute approximate surface area is 145 Å². The van der Waals surface area contributed by atoms with E-state index in [1.165, 1.54) is 0 Å². The van der Waals surface area contributed by atoms with Crippen molar-refractivity contribution in [3.8, 4) is 0 Å². The molecule has 3 rings (SSSR count). The fourth-order valence-corrected chi connectivity index (χ4v) is 5.55. The van der Waals surface area contributed by atoms with E-state index in [0.717, 1.165) is 46.1 Å². The maximum atomic E-state index is 12.8. The zero-order valence-corrected chi connectivity index (χ0v) is 15.6. The Morgan fingerprint density at radius 2 is 2.14 bits per heavy atom. The number of carbonyl (C=O) groups is 1. The molecule has 0 bridgehead atoms. The van der Waals surface area contributed by atoms with Crippen molar-refractivity contribution in [1.82, 2.24) is 4.98 Å². The number of hydrogen-bond donors (Lipinski definition) is 0. The maximum absolute atomic E-state index is 12.8. The van der Waals surface area contributed by atoms with Gasteiger partial charge < -0.3 is 4.74 Å². The first kappa shape index (κ1) is 16.0. The Kier molecular flexibility index (Phi) is 5.08. The van der Waals surface area contributed by atoms with E-state index in [1.54, 1.807) is 6.20 Å². The second-order valence-electron chi connectivity index (χ2n) is 5.68. The van der Waals surface area contributed by atoms with Crippen molar-refractivity contribution < 1.29 is 9.53 Å². The third kappa shape index (κ3) is 3.54. The third-order valence-corrected chi connectivity index (χ3v) is 6.33. The minimum atomic E-state index is -0.0638. The van der Waals surface area contributed by atoms with Crippen LogP contribution >= 0.6 is 43.6 Å². The topological polar surface area (TPSA) is 39.2 Å². The van der Waals surface area contributed by atoms with Crippen LogP contribution in [0, 0.1) is 5.92 Å². The Morgan fingerprint density at radius 1 is 1.38 bits per heavy atom. The highest BCUT2D eigenvalue weighted by Crippen LogP contribution is 2.41. The molecule has 0 amide bonds. The van der Waals surface area contributed by atoms with Crippen molar-refractivity contribution in [2.75, 3.05) is 18.1 Å². The Morgan fingerprint density at radius 3 is 2.86 bits per heavy atom. The molecule has 21 heavy (non-hydrogen) atoms. The molecule has 0 N–H and O–H groups in total. The average molecular weight is 435 g/mol. The molecule has 1 atom stereocenters. The van der Waals surface area contributed by atoms with Crippen LogP contribution in [0.5, 0.6) is 0 Å². The molecule has 0 saturated carbocycles. The first-order valence-electron chi connectivity index (χ1n) is 7.17. The van der Waals surface area contributed by atoms with Crippen molar-refractivity contribution in [3.63, 3.8) is 0 Å². The van der Waals surface area contributed by atoms with Crippen molar-refractivity contribution in [1.29, 1.82) is 0 Å². The highest BCUT2D eigenvalue weighted by atomic mass is 79.9. The number of nitrogens with zero attached hydrogens (tertiary/aromatic N) is 1. The molecular formula is C15H17Br2NO2S. The summed E-state index contributed by atoms with van der Waals surface area (Å²) in [7, 11) is 0. The normalized spacial score (nSPS) is 25.0. The van der Waals surface area contributed by atoms with Crippen LogP contribution in [0.2, 0.25) is 0 Å². The first-order valence-corrected chi connectivity index (χ1v) is 9.91. The Balaban J connectivity index is 1.77. The van der Waals surface area contributed by atoms with E-state index in [9.17, 15) is 4.79 Å². The molecular weight excluding hydrogens is 418 g/mol. The van der Waals surface area contributed by atoms with E-state index in [2.05, 4.69) is 36.8 Å². The second kappa shape index (κ2) is 6.69. The quantitative estimate of drug-likeness (QED) is 0.643. The van der Waals surface area contributed by atoms with Crippen LogP contribution in [0.15, 0.2) is 21.2 Å². The molecule has 1 aromatic rings. The zero-order chi connectivity index (χ0) is 14.9. The lowest BCUT2D eigenvalue weighted by molar-refractivity contribution is -0.0960. The minimum Gasteiger partial charge on any atom is -0.375 e. The molecule has 1 unspecified atom stereocenters. The molecule has 1 spiro atoms. The van der Waals surface area contributed by atoms with Crippen LogP contribution in [-0.4, -0.2) is 34.5 Å². The number of carbonyl (C=O) groups excluding carboxylic acids is 1. The lowest BCUT2D eigenvalue weighted by Crippen LogP contribution is -2.44. The summed E-state index contributed by atoms with van der Waals surface area (Å²) in [6.45, 7) is 0.690. The maximum Gasteiger partial charge on any atom is 0.185 e. The van der Waals surface area contributed by atoms with Crippen molar-refractivity contribution >= 4 is 49.4 Å². The number of Topliss-reactive ketones (excluding diaryl/α,β-unsaturated/α-hetero) is 1. The minimum absolute atomic E-state index is 0.0341. The summed E-state index contributed by atoms with van der Waals surface area (Å²) in [5.41, 5.74) is 0.483. The molecule has 114 valence electrons. The highest BCUT2D eigenvalue weighted by molar-refractivity contribution is 9.11. The van der Waals surface area contributed by atoms with Gasteiger partial charge >= 0.3 is 0 Å². The molecule has 0 radical (unpaired) electrons. The fourth-order valence-electron chi connectivity index (χ4n) is 3.13. The van der Waals surface area contributed by atoms with Gasteiger partial charge in [-0.25, -0.2) is 0 Å². The average Bonchev–Trinajstić information content (AvgIpc) is 2.47. The summed E-state index contributed by atoms with van der Waals surface area (Å²) in [5, 5.41) is 0. The van der Waals surface area contributed by atoms with Crippen LogP contribution in [0.4, 0.5) is 0 Å². The SMILES string of the molecule is O=C(c1ncc(Br)cc1Br)C1CCOC2(CCSCC2)C1. The van der Waals surface area contributed by atoms with Gasteiger partial charge in [-0.05, 0) is 75.1 Å². The predicted molar refractivity (Wildman–Crippen MR) is 91.9 cm³/mol. The van der Waals surface area contributed by atoms with Gasteiger partial charge in [-0.2, -0.15) is 11.8 Å². The number of aromatic nitrogens is 1. The molecule has 1 aromatic heterocycles. The molecule has 0 aromatic carbocycles. The van der Waals surface area contributed by atoms with E-state index in [-0.39, 0.29) is 17.3 Å². The highest BCUT2D eigenvalue weighted by Gasteiger charge is 2.41. The van der Waals surface area contributed by atoms with E-state index in [4.69, 9.17) is 4.74 Å². The number of ketones is 1. The van der Waals surface area contributed by atoms with Gasteiger partial charge in [0.2, 0.25) is 0 Å². The Hall–Kier alpha value is 0.0900. The van der Waals surface area contributed by atoms with Gasteiger partial charge in [0, 0.05) is 27.7 Å². The summed E-state index contributed by atoms with van der Waals surface area (Å²) in [6.07, 6.45) is 5.46. The van der Waals surface area contributed by atoms with Gasteiger partial charge in [-0.3, -0.25) is 9.78 Å². The summed E-state index contributed by atoms with van der Waals surface area (Å²) >= 11 is 8.81. The van der Waals surface area contributed by atoms with E-state index < -0.39 is 0 Å². The molecule has 2 saturated heterocycles. The molecule has 0 aliphatic carbocycles. The monoisotopic (exact) mass is 433 g/mol. The predicted octanol–water partition coefficient (Wildman–Crippen LogP) is 4.48. The summed E-state index contributed by atoms with van der Waals surface area (Å²) < 4.78 is 7.71. The molecule has 2 fully saturated rings. The van der Waals surface area contributed by atoms with Crippen molar-refractivity contribution in [2.45, 2.75) is 31.3 Å². The standard InChI is InChI=1S/C15H17Br2NO2S/c16-11-7-12(17)13(18-9-11)14(19)10-1-4-20-15(8-10)2-5-21-6-3-15/h7,9-10H,1-6,8H2. The van der Waals surface area contributed by atoms with Gasteiger partial charge in [0.05, 0.1) is 5.60 Å².